The average molecular weight is 292 g/mol. The fourth-order valence-corrected chi connectivity index (χ4v) is 1.91. The van der Waals surface area contributed by atoms with Crippen LogP contribution in [0.4, 0.5) is 5.69 Å². The Hall–Kier alpha value is -0.550. The van der Waals surface area contributed by atoms with Crippen LogP contribution < -0.4 is 10.7 Å². The highest BCUT2D eigenvalue weighted by molar-refractivity contribution is 7.80. The molecule has 2 N–H and O–H groups in total. The molecule has 0 saturated carbocycles. The van der Waals surface area contributed by atoms with Crippen LogP contribution >= 0.6 is 35.4 Å². The summed E-state index contributed by atoms with van der Waals surface area (Å²) < 4.78 is 0. The van der Waals surface area contributed by atoms with E-state index < -0.39 is 0 Å². The number of rotatable bonds is 6. The summed E-state index contributed by atoms with van der Waals surface area (Å²) in [6.07, 6.45) is 0. The van der Waals surface area contributed by atoms with Crippen molar-refractivity contribution < 1.29 is 0 Å². The van der Waals surface area contributed by atoms with Crippen LogP contribution in [0.5, 0.6) is 0 Å². The highest BCUT2D eigenvalue weighted by Crippen LogP contribution is 2.04. The smallest absolute Gasteiger partial charge is 0.185 e. The van der Waals surface area contributed by atoms with Crippen LogP contribution in [0.15, 0.2) is 30.3 Å². The molecule has 0 bridgehead atoms. The van der Waals surface area contributed by atoms with E-state index in [2.05, 4.69) is 10.7 Å². The third-order valence-electron chi connectivity index (χ3n) is 2.00. The lowest BCUT2D eigenvalue weighted by molar-refractivity contribution is 0.268. The van der Waals surface area contributed by atoms with Crippen LogP contribution in [0.1, 0.15) is 0 Å². The maximum absolute atomic E-state index is 5.69. The van der Waals surface area contributed by atoms with Gasteiger partial charge in [-0.15, -0.1) is 23.2 Å². The maximum Gasteiger partial charge on any atom is 0.185 e. The number of thiocarbonyl (C=S) groups is 1. The van der Waals surface area contributed by atoms with E-state index in [1.807, 2.05) is 35.3 Å². The second-order valence-electron chi connectivity index (χ2n) is 3.30. The topological polar surface area (TPSA) is 27.3 Å². The number of benzene rings is 1. The first-order valence-electron chi connectivity index (χ1n) is 5.26. The first-order chi connectivity index (χ1) is 8.26. The Balaban J connectivity index is 2.42. The summed E-state index contributed by atoms with van der Waals surface area (Å²) in [6, 6.07) is 9.73. The second kappa shape index (κ2) is 8.53. The van der Waals surface area contributed by atoms with Crippen molar-refractivity contribution in [2.75, 3.05) is 30.2 Å². The molecule has 0 heterocycles. The predicted octanol–water partition coefficient (Wildman–Crippen LogP) is 2.67. The molecule has 0 aliphatic heterocycles. The van der Waals surface area contributed by atoms with Gasteiger partial charge in [-0.05, 0) is 24.4 Å². The average Bonchev–Trinajstić information content (AvgIpc) is 2.30. The Kier molecular flexibility index (Phi) is 7.28. The van der Waals surface area contributed by atoms with Gasteiger partial charge in [0.15, 0.2) is 5.11 Å². The first kappa shape index (κ1) is 14.5. The first-order valence-corrected chi connectivity index (χ1v) is 6.73. The molecule has 0 spiro atoms. The van der Waals surface area contributed by atoms with Gasteiger partial charge in [0, 0.05) is 30.5 Å². The predicted molar refractivity (Wildman–Crippen MR) is 78.8 cm³/mol. The summed E-state index contributed by atoms with van der Waals surface area (Å²) in [5.41, 5.74) is 4.00. The minimum absolute atomic E-state index is 0.526. The summed E-state index contributed by atoms with van der Waals surface area (Å²) in [4.78, 5) is 0. The number of nitrogens with zero attached hydrogens (tertiary/aromatic N) is 1. The van der Waals surface area contributed by atoms with Crippen molar-refractivity contribution in [2.45, 2.75) is 0 Å². The van der Waals surface area contributed by atoms with E-state index in [4.69, 9.17) is 35.4 Å². The molecule has 0 radical (unpaired) electrons. The zero-order valence-electron chi connectivity index (χ0n) is 9.33. The molecular weight excluding hydrogens is 277 g/mol. The van der Waals surface area contributed by atoms with Crippen molar-refractivity contribution >= 4 is 46.2 Å². The molecule has 0 saturated heterocycles. The minimum atomic E-state index is 0.526. The van der Waals surface area contributed by atoms with Gasteiger partial charge in [0.05, 0.1) is 0 Å². The second-order valence-corrected chi connectivity index (χ2v) is 4.46. The van der Waals surface area contributed by atoms with E-state index in [-0.39, 0.29) is 0 Å². The maximum atomic E-state index is 5.69. The molecule has 0 amide bonds. The van der Waals surface area contributed by atoms with Crippen molar-refractivity contribution in [2.24, 2.45) is 0 Å². The van der Waals surface area contributed by atoms with E-state index in [1.165, 1.54) is 0 Å². The van der Waals surface area contributed by atoms with E-state index >= 15 is 0 Å². The van der Waals surface area contributed by atoms with Crippen LogP contribution in [0.25, 0.3) is 0 Å². The number of para-hydroxylation sites is 1. The van der Waals surface area contributed by atoms with E-state index in [1.54, 1.807) is 0 Å². The minimum Gasteiger partial charge on any atom is -0.332 e. The quantitative estimate of drug-likeness (QED) is 0.479. The SMILES string of the molecule is S=C(Nc1ccccc1)NN(CCCl)CCCl. The van der Waals surface area contributed by atoms with Gasteiger partial charge in [-0.2, -0.15) is 0 Å². The molecule has 1 aromatic carbocycles. The molecule has 17 heavy (non-hydrogen) atoms. The number of anilines is 1. The normalized spacial score (nSPS) is 10.3. The molecule has 0 atom stereocenters. The number of hydrogen-bond acceptors (Lipinski definition) is 2. The number of alkyl halides is 2. The molecule has 6 heteroatoms. The zero-order chi connectivity index (χ0) is 12.5. The number of nitrogens with one attached hydrogen (secondary N) is 2. The van der Waals surface area contributed by atoms with Gasteiger partial charge in [0.1, 0.15) is 0 Å². The van der Waals surface area contributed by atoms with Gasteiger partial charge in [-0.1, -0.05) is 18.2 Å². The Bertz CT molecular complexity index is 329. The molecule has 94 valence electrons. The third-order valence-corrected chi connectivity index (χ3v) is 2.53. The Morgan fingerprint density at radius 1 is 1.12 bits per heavy atom. The zero-order valence-corrected chi connectivity index (χ0v) is 11.7. The number of halogens is 2. The van der Waals surface area contributed by atoms with Gasteiger partial charge < -0.3 is 5.32 Å². The van der Waals surface area contributed by atoms with Gasteiger partial charge in [-0.25, -0.2) is 5.01 Å². The van der Waals surface area contributed by atoms with Crippen LogP contribution in [-0.2, 0) is 0 Å². The van der Waals surface area contributed by atoms with Gasteiger partial charge in [-0.3, -0.25) is 5.43 Å². The van der Waals surface area contributed by atoms with Crippen molar-refractivity contribution in [1.29, 1.82) is 0 Å². The van der Waals surface area contributed by atoms with Gasteiger partial charge in [0.2, 0.25) is 0 Å². The highest BCUT2D eigenvalue weighted by Gasteiger charge is 2.05. The summed E-state index contributed by atoms with van der Waals surface area (Å²) in [6.45, 7) is 1.37. The lowest BCUT2D eigenvalue weighted by Gasteiger charge is -2.23. The van der Waals surface area contributed by atoms with Gasteiger partial charge >= 0.3 is 0 Å². The highest BCUT2D eigenvalue weighted by atomic mass is 35.5. The fraction of sp³-hybridized carbons (Fsp3) is 0.364. The Morgan fingerprint density at radius 3 is 2.24 bits per heavy atom. The number of hydrazine groups is 1. The molecule has 1 aromatic rings. The Morgan fingerprint density at radius 2 is 1.71 bits per heavy atom. The molecule has 0 aromatic heterocycles. The summed E-state index contributed by atoms with van der Waals surface area (Å²) in [7, 11) is 0. The molecule has 0 aliphatic carbocycles. The van der Waals surface area contributed by atoms with Crippen molar-refractivity contribution in [1.82, 2.24) is 10.4 Å². The largest absolute Gasteiger partial charge is 0.332 e. The summed E-state index contributed by atoms with van der Waals surface area (Å²) >= 11 is 16.6. The lowest BCUT2D eigenvalue weighted by Crippen LogP contribution is -2.46. The van der Waals surface area contributed by atoms with E-state index in [0.29, 0.717) is 30.0 Å². The molecule has 0 aliphatic rings. The molecular formula is C11H15Cl2N3S. The lowest BCUT2D eigenvalue weighted by atomic mass is 10.3. The van der Waals surface area contributed by atoms with Crippen LogP contribution in [0.3, 0.4) is 0 Å². The monoisotopic (exact) mass is 291 g/mol. The number of hydrogen-bond donors (Lipinski definition) is 2. The Labute approximate surface area is 117 Å². The summed E-state index contributed by atoms with van der Waals surface area (Å²) in [5, 5.41) is 5.50. The molecule has 1 rings (SSSR count). The van der Waals surface area contributed by atoms with Crippen molar-refractivity contribution in [3.63, 3.8) is 0 Å². The van der Waals surface area contributed by atoms with E-state index in [0.717, 1.165) is 5.69 Å². The molecule has 0 unspecified atom stereocenters. The standard InChI is InChI=1S/C11H15Cl2N3S/c12-6-8-16(9-7-13)15-11(17)14-10-4-2-1-3-5-10/h1-5H,6-9H2,(H2,14,15,17). The molecule has 3 nitrogen and oxygen atoms in total. The van der Waals surface area contributed by atoms with Crippen molar-refractivity contribution in [3.8, 4) is 0 Å². The summed E-state index contributed by atoms with van der Waals surface area (Å²) in [5.74, 6) is 1.05. The van der Waals surface area contributed by atoms with E-state index in [9.17, 15) is 0 Å². The van der Waals surface area contributed by atoms with Crippen LogP contribution in [-0.4, -0.2) is 35.0 Å². The van der Waals surface area contributed by atoms with Crippen LogP contribution in [0.2, 0.25) is 0 Å². The van der Waals surface area contributed by atoms with Crippen molar-refractivity contribution in [3.05, 3.63) is 30.3 Å². The van der Waals surface area contributed by atoms with Crippen LogP contribution in [0, 0.1) is 0 Å². The molecule has 0 fully saturated rings. The third kappa shape index (κ3) is 6.07. The van der Waals surface area contributed by atoms with Gasteiger partial charge in [0.25, 0.3) is 0 Å². The fourth-order valence-electron chi connectivity index (χ4n) is 1.25.